The van der Waals surface area contributed by atoms with Gasteiger partial charge in [-0.05, 0) is 40.1 Å². The van der Waals surface area contributed by atoms with E-state index < -0.39 is 6.10 Å². The van der Waals surface area contributed by atoms with E-state index in [0.29, 0.717) is 0 Å². The minimum Gasteiger partial charge on any atom is -0.384 e. The Morgan fingerprint density at radius 2 is 1.57 bits per heavy atom. The lowest BCUT2D eigenvalue weighted by molar-refractivity contribution is 0.229. The molecule has 0 fully saturated rings. The molecule has 0 saturated heterocycles. The zero-order chi connectivity index (χ0) is 16.2. The van der Waals surface area contributed by atoms with Crippen LogP contribution in [0.2, 0.25) is 0 Å². The largest absolute Gasteiger partial charge is 0.384 e. The van der Waals surface area contributed by atoms with E-state index >= 15 is 0 Å². The Bertz CT molecular complexity index is 819. The molecule has 2 nitrogen and oxygen atoms in total. The van der Waals surface area contributed by atoms with Crippen LogP contribution in [0.1, 0.15) is 17.2 Å². The fourth-order valence-corrected chi connectivity index (χ4v) is 2.59. The molecular formula is C21H21NO. The Morgan fingerprint density at radius 3 is 2.26 bits per heavy atom. The van der Waals surface area contributed by atoms with Crippen LogP contribution in [0.4, 0.5) is 5.69 Å². The van der Waals surface area contributed by atoms with Crippen molar-refractivity contribution in [1.82, 2.24) is 0 Å². The maximum Gasteiger partial charge on any atom is 0.0975 e. The van der Waals surface area contributed by atoms with Gasteiger partial charge in [0.05, 0.1) is 6.10 Å². The first-order valence-corrected chi connectivity index (χ1v) is 7.76. The third-order valence-corrected chi connectivity index (χ3v) is 4.00. The molecule has 1 unspecified atom stereocenters. The molecule has 23 heavy (non-hydrogen) atoms. The molecule has 0 aliphatic rings. The normalized spacial score (nSPS) is 12.7. The third kappa shape index (κ3) is 3.61. The van der Waals surface area contributed by atoms with Crippen molar-refractivity contribution >= 4 is 22.5 Å². The minimum absolute atomic E-state index is 0.604. The summed E-state index contributed by atoms with van der Waals surface area (Å²) in [5, 5.41) is 12.7. The molecule has 3 aromatic rings. The van der Waals surface area contributed by atoms with Crippen molar-refractivity contribution in [3.8, 4) is 0 Å². The summed E-state index contributed by atoms with van der Waals surface area (Å²) in [7, 11) is 4.04. The zero-order valence-electron chi connectivity index (χ0n) is 13.5. The first-order chi connectivity index (χ1) is 11.1. The van der Waals surface area contributed by atoms with Gasteiger partial charge in [0.2, 0.25) is 0 Å². The molecule has 3 rings (SSSR count). The molecule has 0 bridgehead atoms. The predicted molar refractivity (Wildman–Crippen MR) is 98.7 cm³/mol. The van der Waals surface area contributed by atoms with Crippen molar-refractivity contribution in [2.24, 2.45) is 0 Å². The van der Waals surface area contributed by atoms with Gasteiger partial charge in [0, 0.05) is 19.8 Å². The maximum absolute atomic E-state index is 10.4. The summed E-state index contributed by atoms with van der Waals surface area (Å²) >= 11 is 0. The van der Waals surface area contributed by atoms with E-state index in [1.165, 1.54) is 5.39 Å². The molecular weight excluding hydrogens is 282 g/mol. The average molecular weight is 303 g/mol. The second-order valence-electron chi connectivity index (χ2n) is 5.90. The molecule has 0 aliphatic heterocycles. The molecule has 0 heterocycles. The van der Waals surface area contributed by atoms with Crippen molar-refractivity contribution in [2.45, 2.75) is 6.10 Å². The van der Waals surface area contributed by atoms with E-state index in [2.05, 4.69) is 41.3 Å². The Labute approximate surface area is 137 Å². The van der Waals surface area contributed by atoms with Gasteiger partial charge in [-0.25, -0.2) is 0 Å². The van der Waals surface area contributed by atoms with Gasteiger partial charge >= 0.3 is 0 Å². The number of anilines is 1. The third-order valence-electron chi connectivity index (χ3n) is 4.00. The molecule has 0 spiro atoms. The van der Waals surface area contributed by atoms with Gasteiger partial charge in [-0.15, -0.1) is 0 Å². The molecule has 1 N–H and O–H groups in total. The van der Waals surface area contributed by atoms with Crippen molar-refractivity contribution in [3.05, 3.63) is 83.9 Å². The van der Waals surface area contributed by atoms with E-state index in [9.17, 15) is 5.11 Å². The summed E-state index contributed by atoms with van der Waals surface area (Å²) < 4.78 is 0. The lowest BCUT2D eigenvalue weighted by atomic mass is 10.0. The standard InChI is InChI=1S/C21H21NO/c1-22(2)20-12-7-16(8-13-20)9-14-21(23)19-11-10-17-5-3-4-6-18(17)15-19/h3-15,21,23H,1-2H3/b14-9+. The molecule has 0 saturated carbocycles. The highest BCUT2D eigenvalue weighted by atomic mass is 16.3. The zero-order valence-corrected chi connectivity index (χ0v) is 13.5. The molecule has 0 aliphatic carbocycles. The van der Waals surface area contributed by atoms with Crippen LogP contribution in [-0.4, -0.2) is 19.2 Å². The number of fused-ring (bicyclic) bond motifs is 1. The number of hydrogen-bond acceptors (Lipinski definition) is 2. The van der Waals surface area contributed by atoms with Crippen molar-refractivity contribution in [1.29, 1.82) is 0 Å². The summed E-state index contributed by atoms with van der Waals surface area (Å²) in [6.07, 6.45) is 3.18. The summed E-state index contributed by atoms with van der Waals surface area (Å²) in [6, 6.07) is 22.5. The molecule has 1 atom stereocenters. The topological polar surface area (TPSA) is 23.5 Å². The second-order valence-corrected chi connectivity index (χ2v) is 5.90. The van der Waals surface area contributed by atoms with Gasteiger partial charge in [-0.2, -0.15) is 0 Å². The Hall–Kier alpha value is -2.58. The fourth-order valence-electron chi connectivity index (χ4n) is 2.59. The van der Waals surface area contributed by atoms with Crippen molar-refractivity contribution < 1.29 is 5.11 Å². The summed E-state index contributed by atoms with van der Waals surface area (Å²) in [5.41, 5.74) is 3.15. The van der Waals surface area contributed by atoms with Crippen molar-refractivity contribution in [2.75, 3.05) is 19.0 Å². The van der Waals surface area contributed by atoms with E-state index in [1.807, 2.05) is 56.6 Å². The number of aliphatic hydroxyl groups excluding tert-OH is 1. The van der Waals surface area contributed by atoms with Gasteiger partial charge in [-0.1, -0.05) is 60.7 Å². The lowest BCUT2D eigenvalue weighted by Gasteiger charge is -2.12. The molecule has 0 radical (unpaired) electrons. The van der Waals surface area contributed by atoms with Crippen LogP contribution in [-0.2, 0) is 0 Å². The van der Waals surface area contributed by atoms with Crippen LogP contribution in [0.15, 0.2) is 72.8 Å². The first-order valence-electron chi connectivity index (χ1n) is 7.76. The van der Waals surface area contributed by atoms with Gasteiger partial charge in [0.25, 0.3) is 0 Å². The SMILES string of the molecule is CN(C)c1ccc(/C=C/C(O)c2ccc3ccccc3c2)cc1. The number of aliphatic hydroxyl groups is 1. The molecule has 0 aromatic heterocycles. The van der Waals surface area contributed by atoms with E-state index in [-0.39, 0.29) is 0 Å². The molecule has 116 valence electrons. The van der Waals surface area contributed by atoms with Crippen molar-refractivity contribution in [3.63, 3.8) is 0 Å². The van der Waals surface area contributed by atoms with E-state index in [0.717, 1.165) is 22.2 Å². The highest BCUT2D eigenvalue weighted by molar-refractivity contribution is 5.83. The first kappa shape index (κ1) is 15.3. The highest BCUT2D eigenvalue weighted by Crippen LogP contribution is 2.22. The van der Waals surface area contributed by atoms with Gasteiger partial charge in [-0.3, -0.25) is 0 Å². The van der Waals surface area contributed by atoms with Gasteiger partial charge in [0.15, 0.2) is 0 Å². The Morgan fingerprint density at radius 1 is 0.870 bits per heavy atom. The molecule has 2 heteroatoms. The van der Waals surface area contributed by atoms with Gasteiger partial charge < -0.3 is 10.0 Å². The number of benzene rings is 3. The summed E-state index contributed by atoms with van der Waals surface area (Å²) in [4.78, 5) is 2.07. The fraction of sp³-hybridized carbons (Fsp3) is 0.143. The van der Waals surface area contributed by atoms with Crippen LogP contribution < -0.4 is 4.90 Å². The second kappa shape index (κ2) is 6.67. The summed E-state index contributed by atoms with van der Waals surface area (Å²) in [5.74, 6) is 0. The lowest BCUT2D eigenvalue weighted by Crippen LogP contribution is -2.07. The predicted octanol–water partition coefficient (Wildman–Crippen LogP) is 4.65. The minimum atomic E-state index is -0.604. The monoisotopic (exact) mass is 303 g/mol. The molecule has 3 aromatic carbocycles. The maximum atomic E-state index is 10.4. The van der Waals surface area contributed by atoms with E-state index in [4.69, 9.17) is 0 Å². The number of nitrogens with zero attached hydrogens (tertiary/aromatic N) is 1. The average Bonchev–Trinajstić information content (AvgIpc) is 2.59. The number of rotatable bonds is 4. The van der Waals surface area contributed by atoms with Crippen LogP contribution in [0, 0.1) is 0 Å². The van der Waals surface area contributed by atoms with Crippen LogP contribution >= 0.6 is 0 Å². The van der Waals surface area contributed by atoms with Crippen LogP contribution in [0.3, 0.4) is 0 Å². The van der Waals surface area contributed by atoms with Crippen LogP contribution in [0.5, 0.6) is 0 Å². The van der Waals surface area contributed by atoms with Crippen LogP contribution in [0.25, 0.3) is 16.8 Å². The Kier molecular flexibility index (Phi) is 4.45. The Balaban J connectivity index is 1.77. The smallest absolute Gasteiger partial charge is 0.0975 e. The number of hydrogen-bond donors (Lipinski definition) is 1. The molecule has 0 amide bonds. The highest BCUT2D eigenvalue weighted by Gasteiger charge is 2.04. The van der Waals surface area contributed by atoms with E-state index in [1.54, 1.807) is 0 Å². The quantitative estimate of drug-likeness (QED) is 0.758. The summed E-state index contributed by atoms with van der Waals surface area (Å²) in [6.45, 7) is 0. The van der Waals surface area contributed by atoms with Gasteiger partial charge in [0.1, 0.15) is 0 Å².